The van der Waals surface area contributed by atoms with Crippen LogP contribution in [0.15, 0.2) is 47.4 Å². The average molecular weight is 395 g/mol. The fraction of sp³-hybridized carbons (Fsp3) is 0.143. The summed E-state index contributed by atoms with van der Waals surface area (Å²) in [4.78, 5) is 9.59. The summed E-state index contributed by atoms with van der Waals surface area (Å²) in [6.45, 7) is 0. The number of anilines is 1. The molecule has 0 bridgehead atoms. The lowest BCUT2D eigenvalue weighted by atomic mass is 10.2. The number of nitrogens with zero attached hydrogens (tertiary/aromatic N) is 2. The number of hydrogen-bond donors (Lipinski definition) is 0. The third-order valence-electron chi connectivity index (χ3n) is 3.32. The van der Waals surface area contributed by atoms with Crippen LogP contribution in [0.25, 0.3) is 0 Å². The van der Waals surface area contributed by atoms with Crippen LogP contribution < -0.4 is 4.31 Å². The smallest absolute Gasteiger partial charge is 0.268 e. The molecule has 2 aromatic rings. The number of nitro benzene ring substituents is 1. The van der Waals surface area contributed by atoms with Crippen LogP contribution in [0.4, 0.5) is 24.5 Å². The number of sulfonamides is 1. The van der Waals surface area contributed by atoms with E-state index in [-0.39, 0.29) is 21.3 Å². The van der Waals surface area contributed by atoms with Gasteiger partial charge in [-0.05, 0) is 30.3 Å². The van der Waals surface area contributed by atoms with E-state index in [0.29, 0.717) is 10.4 Å². The molecule has 0 radical (unpaired) electrons. The quantitative estimate of drug-likeness (QED) is 0.577. The third-order valence-corrected chi connectivity index (χ3v) is 5.42. The van der Waals surface area contributed by atoms with Crippen molar-refractivity contribution in [2.75, 3.05) is 11.4 Å². The number of rotatable bonds is 4. The van der Waals surface area contributed by atoms with Gasteiger partial charge in [-0.3, -0.25) is 14.4 Å². The summed E-state index contributed by atoms with van der Waals surface area (Å²) in [6, 6.07) is 6.24. The Morgan fingerprint density at radius 3 is 2.16 bits per heavy atom. The summed E-state index contributed by atoms with van der Waals surface area (Å²) in [5.41, 5.74) is -1.74. The van der Waals surface area contributed by atoms with Gasteiger partial charge in [0.05, 0.1) is 26.1 Å². The molecule has 0 saturated carbocycles. The standard InChI is InChI=1S/C14H10ClF3N2O4S/c1-19(13-8-9(14(16,17)18)2-7-12(13)15)25(23,24)11-5-3-10(4-6-11)20(21)22/h2-8H,1H3. The van der Waals surface area contributed by atoms with Gasteiger partial charge in [0.15, 0.2) is 0 Å². The predicted molar refractivity (Wildman–Crippen MR) is 85.1 cm³/mol. The van der Waals surface area contributed by atoms with Gasteiger partial charge in [0, 0.05) is 19.2 Å². The number of nitro groups is 1. The molecule has 0 fully saturated rings. The molecular weight excluding hydrogens is 385 g/mol. The minimum absolute atomic E-state index is 0.194. The van der Waals surface area contributed by atoms with Crippen LogP contribution in [-0.4, -0.2) is 20.4 Å². The van der Waals surface area contributed by atoms with Gasteiger partial charge in [-0.25, -0.2) is 8.42 Å². The van der Waals surface area contributed by atoms with Crippen LogP contribution in [0, 0.1) is 10.1 Å². The van der Waals surface area contributed by atoms with Crippen molar-refractivity contribution in [1.82, 2.24) is 0 Å². The molecule has 0 aliphatic rings. The summed E-state index contributed by atoms with van der Waals surface area (Å²) in [5, 5.41) is 10.4. The van der Waals surface area contributed by atoms with Crippen molar-refractivity contribution in [3.05, 3.63) is 63.2 Å². The van der Waals surface area contributed by atoms with Gasteiger partial charge < -0.3 is 0 Å². The van der Waals surface area contributed by atoms with Crippen LogP contribution in [0.5, 0.6) is 0 Å². The Morgan fingerprint density at radius 2 is 1.68 bits per heavy atom. The SMILES string of the molecule is CN(c1cc(C(F)(F)F)ccc1Cl)S(=O)(=O)c1ccc([N+](=O)[O-])cc1. The fourth-order valence-corrected chi connectivity index (χ4v) is 3.46. The van der Waals surface area contributed by atoms with Crippen LogP contribution in [0.2, 0.25) is 5.02 Å². The minimum atomic E-state index is -4.67. The van der Waals surface area contributed by atoms with E-state index >= 15 is 0 Å². The Hall–Kier alpha value is -2.33. The minimum Gasteiger partial charge on any atom is -0.268 e. The Labute approximate surface area is 145 Å². The number of halogens is 4. The van der Waals surface area contributed by atoms with Crippen molar-refractivity contribution in [2.24, 2.45) is 0 Å². The third kappa shape index (κ3) is 3.85. The van der Waals surface area contributed by atoms with Gasteiger partial charge >= 0.3 is 6.18 Å². The van der Waals surface area contributed by atoms with Crippen LogP contribution in [-0.2, 0) is 16.2 Å². The molecule has 134 valence electrons. The molecule has 0 amide bonds. The molecule has 25 heavy (non-hydrogen) atoms. The number of non-ortho nitro benzene ring substituents is 1. The summed E-state index contributed by atoms with van der Waals surface area (Å²) >= 11 is 5.84. The second-order valence-electron chi connectivity index (χ2n) is 4.89. The second-order valence-corrected chi connectivity index (χ2v) is 7.26. The van der Waals surface area contributed by atoms with Crippen LogP contribution in [0.3, 0.4) is 0 Å². The fourth-order valence-electron chi connectivity index (χ4n) is 1.96. The molecule has 0 heterocycles. The first-order valence-corrected chi connectivity index (χ1v) is 8.36. The van der Waals surface area contributed by atoms with E-state index < -0.39 is 26.7 Å². The zero-order chi connectivity index (χ0) is 19.0. The van der Waals surface area contributed by atoms with Crippen molar-refractivity contribution >= 4 is 33.0 Å². The molecule has 11 heteroatoms. The van der Waals surface area contributed by atoms with Gasteiger partial charge in [-0.15, -0.1) is 0 Å². The molecule has 0 unspecified atom stereocenters. The normalized spacial score (nSPS) is 12.0. The largest absolute Gasteiger partial charge is 0.416 e. The van der Waals surface area contributed by atoms with Crippen LogP contribution in [0.1, 0.15) is 5.56 Å². The van der Waals surface area contributed by atoms with Crippen LogP contribution >= 0.6 is 11.6 Å². The lowest BCUT2D eigenvalue weighted by molar-refractivity contribution is -0.384. The maximum Gasteiger partial charge on any atom is 0.416 e. The van der Waals surface area contributed by atoms with Crippen molar-refractivity contribution in [2.45, 2.75) is 11.1 Å². The van der Waals surface area contributed by atoms with Crippen molar-refractivity contribution in [1.29, 1.82) is 0 Å². The van der Waals surface area contributed by atoms with Crippen molar-refractivity contribution < 1.29 is 26.5 Å². The summed E-state index contributed by atoms with van der Waals surface area (Å²) in [5.74, 6) is 0. The highest BCUT2D eigenvalue weighted by Gasteiger charge is 2.32. The Bertz CT molecular complexity index is 915. The molecule has 0 aliphatic heterocycles. The summed E-state index contributed by atoms with van der Waals surface area (Å²) in [6.07, 6.45) is -4.67. The van der Waals surface area contributed by atoms with Gasteiger partial charge in [0.2, 0.25) is 0 Å². The maximum absolute atomic E-state index is 12.8. The molecule has 2 aromatic carbocycles. The number of hydrogen-bond acceptors (Lipinski definition) is 4. The molecule has 0 aromatic heterocycles. The topological polar surface area (TPSA) is 80.5 Å². The lowest BCUT2D eigenvalue weighted by Gasteiger charge is -2.21. The first-order valence-electron chi connectivity index (χ1n) is 6.54. The highest BCUT2D eigenvalue weighted by atomic mass is 35.5. The second kappa shape index (κ2) is 6.52. The molecule has 0 atom stereocenters. The lowest BCUT2D eigenvalue weighted by Crippen LogP contribution is -2.27. The number of alkyl halides is 3. The zero-order valence-electron chi connectivity index (χ0n) is 12.5. The molecule has 6 nitrogen and oxygen atoms in total. The summed E-state index contributed by atoms with van der Waals surface area (Å²) in [7, 11) is -3.22. The first-order chi connectivity index (χ1) is 11.4. The molecule has 0 saturated heterocycles. The van der Waals surface area contributed by atoms with Gasteiger partial charge in [0.1, 0.15) is 0 Å². The molecule has 2 rings (SSSR count). The van der Waals surface area contributed by atoms with E-state index in [9.17, 15) is 31.7 Å². The predicted octanol–water partition coefficient (Wildman–Crippen LogP) is 4.09. The highest BCUT2D eigenvalue weighted by Crippen LogP contribution is 2.36. The molecule has 0 N–H and O–H groups in total. The maximum atomic E-state index is 12.8. The first kappa shape index (κ1) is 19.0. The van der Waals surface area contributed by atoms with Gasteiger partial charge in [-0.1, -0.05) is 11.6 Å². The Kier molecular flexibility index (Phi) is 4.96. The molecular formula is C14H10ClF3N2O4S. The van der Waals surface area contributed by atoms with E-state index in [0.717, 1.165) is 43.4 Å². The average Bonchev–Trinajstić information content (AvgIpc) is 2.53. The van der Waals surface area contributed by atoms with Crippen molar-refractivity contribution in [3.63, 3.8) is 0 Å². The molecule has 0 spiro atoms. The summed E-state index contributed by atoms with van der Waals surface area (Å²) < 4.78 is 64.2. The Morgan fingerprint density at radius 1 is 1.12 bits per heavy atom. The highest BCUT2D eigenvalue weighted by molar-refractivity contribution is 7.92. The zero-order valence-corrected chi connectivity index (χ0v) is 14.1. The monoisotopic (exact) mass is 394 g/mol. The van der Waals surface area contributed by atoms with E-state index in [1.165, 1.54) is 0 Å². The van der Waals surface area contributed by atoms with E-state index in [4.69, 9.17) is 11.6 Å². The van der Waals surface area contributed by atoms with Crippen molar-refractivity contribution in [3.8, 4) is 0 Å². The van der Waals surface area contributed by atoms with Gasteiger partial charge in [-0.2, -0.15) is 13.2 Å². The molecule has 0 aliphatic carbocycles. The van der Waals surface area contributed by atoms with E-state index in [1.54, 1.807) is 0 Å². The Balaban J connectivity index is 2.48. The van der Waals surface area contributed by atoms with E-state index in [1.807, 2.05) is 0 Å². The van der Waals surface area contributed by atoms with Gasteiger partial charge in [0.25, 0.3) is 15.7 Å². The van der Waals surface area contributed by atoms with E-state index in [2.05, 4.69) is 0 Å². The number of benzene rings is 2.